The van der Waals surface area contributed by atoms with E-state index in [4.69, 9.17) is 0 Å². The van der Waals surface area contributed by atoms with E-state index in [1.165, 1.54) is 122 Å². The number of hydrogen-bond donors (Lipinski definition) is 0. The van der Waals surface area contributed by atoms with Crippen molar-refractivity contribution in [2.75, 3.05) is 36.0 Å². The number of rotatable bonds is 6. The van der Waals surface area contributed by atoms with E-state index in [2.05, 4.69) is 52.3 Å². The molecule has 176 valence electrons. The molecule has 0 unspecified atom stereocenters. The Bertz CT molecular complexity index is 1100. The molecule has 6 rings (SSSR count). The van der Waals surface area contributed by atoms with Gasteiger partial charge in [0, 0.05) is 37.6 Å². The van der Waals surface area contributed by atoms with Crippen LogP contribution in [0.15, 0.2) is 35.9 Å². The number of anilines is 2. The molecule has 0 amide bonds. The van der Waals surface area contributed by atoms with Crippen LogP contribution in [0.4, 0.5) is 11.4 Å². The van der Waals surface area contributed by atoms with Crippen LogP contribution in [0.1, 0.15) is 71.9 Å². The predicted molar refractivity (Wildman–Crippen MR) is 143 cm³/mol. The lowest BCUT2D eigenvalue weighted by atomic mass is 9.89. The summed E-state index contributed by atoms with van der Waals surface area (Å²) in [7, 11) is 0. The van der Waals surface area contributed by atoms with E-state index in [0.717, 1.165) is 24.7 Å². The number of hydrogen-bond acceptors (Lipinski definition) is 3. The molecule has 4 heterocycles. The third-order valence-corrected chi connectivity index (χ3v) is 8.12. The second kappa shape index (κ2) is 9.44. The van der Waals surface area contributed by atoms with Crippen LogP contribution in [-0.2, 0) is 30.5 Å². The molecule has 0 spiro atoms. The zero-order chi connectivity index (χ0) is 22.9. The SMILES string of the molecule is O=CC(=Cc1cc2c3c(c1)CCCN3CCC2)CCC=Cc1cc2c3c(c1)CCCN3CCC2. The van der Waals surface area contributed by atoms with Gasteiger partial charge in [0.15, 0.2) is 0 Å². The molecular weight excluding hydrogens is 416 g/mol. The van der Waals surface area contributed by atoms with Crippen molar-refractivity contribution in [3.05, 3.63) is 69.3 Å². The van der Waals surface area contributed by atoms with Gasteiger partial charge < -0.3 is 9.80 Å². The lowest BCUT2D eigenvalue weighted by Crippen LogP contribution is -2.34. The van der Waals surface area contributed by atoms with Crippen LogP contribution >= 0.6 is 0 Å². The summed E-state index contributed by atoms with van der Waals surface area (Å²) >= 11 is 0. The van der Waals surface area contributed by atoms with Gasteiger partial charge in [0.1, 0.15) is 6.29 Å². The van der Waals surface area contributed by atoms with E-state index >= 15 is 0 Å². The monoisotopic (exact) mass is 452 g/mol. The van der Waals surface area contributed by atoms with Gasteiger partial charge in [-0.15, -0.1) is 0 Å². The normalized spacial score (nSPS) is 19.2. The van der Waals surface area contributed by atoms with Crippen LogP contribution in [0.25, 0.3) is 12.2 Å². The lowest BCUT2D eigenvalue weighted by molar-refractivity contribution is -0.104. The summed E-state index contributed by atoms with van der Waals surface area (Å²) in [5, 5.41) is 0. The number of allylic oxidation sites excluding steroid dienone is 2. The first-order valence-corrected chi connectivity index (χ1v) is 13.4. The quantitative estimate of drug-likeness (QED) is 0.387. The van der Waals surface area contributed by atoms with Crippen LogP contribution in [0, 0.1) is 0 Å². The Morgan fingerprint density at radius 2 is 1.18 bits per heavy atom. The Kier molecular flexibility index (Phi) is 6.03. The van der Waals surface area contributed by atoms with Crippen molar-refractivity contribution in [1.82, 2.24) is 0 Å². The molecule has 3 nitrogen and oxygen atoms in total. The number of nitrogens with zero attached hydrogens (tertiary/aromatic N) is 2. The van der Waals surface area contributed by atoms with Gasteiger partial charge >= 0.3 is 0 Å². The first-order chi connectivity index (χ1) is 16.8. The number of aldehydes is 1. The van der Waals surface area contributed by atoms with Crippen LogP contribution in [-0.4, -0.2) is 32.5 Å². The van der Waals surface area contributed by atoms with Crippen molar-refractivity contribution < 1.29 is 4.79 Å². The van der Waals surface area contributed by atoms with Gasteiger partial charge in [0.25, 0.3) is 0 Å². The molecule has 0 aromatic heterocycles. The van der Waals surface area contributed by atoms with Gasteiger partial charge in [-0.3, -0.25) is 4.79 Å². The van der Waals surface area contributed by atoms with Crippen molar-refractivity contribution in [3.8, 4) is 0 Å². The van der Waals surface area contributed by atoms with Gasteiger partial charge in [-0.05, 0) is 134 Å². The largest absolute Gasteiger partial charge is 0.371 e. The van der Waals surface area contributed by atoms with E-state index in [9.17, 15) is 4.79 Å². The second-order valence-electron chi connectivity index (χ2n) is 10.5. The molecule has 3 heteroatoms. The van der Waals surface area contributed by atoms with Gasteiger partial charge in [-0.2, -0.15) is 0 Å². The predicted octanol–water partition coefficient (Wildman–Crippen LogP) is 6.16. The summed E-state index contributed by atoms with van der Waals surface area (Å²) in [4.78, 5) is 17.0. The molecule has 2 aromatic carbocycles. The molecule has 0 atom stereocenters. The first-order valence-electron chi connectivity index (χ1n) is 13.4. The average Bonchev–Trinajstić information content (AvgIpc) is 2.86. The highest BCUT2D eigenvalue weighted by molar-refractivity contribution is 5.82. The summed E-state index contributed by atoms with van der Waals surface area (Å²) in [5.74, 6) is 0. The maximum Gasteiger partial charge on any atom is 0.146 e. The smallest absolute Gasteiger partial charge is 0.146 e. The Morgan fingerprint density at radius 1 is 0.706 bits per heavy atom. The molecule has 0 radical (unpaired) electrons. The van der Waals surface area contributed by atoms with E-state index < -0.39 is 0 Å². The minimum Gasteiger partial charge on any atom is -0.371 e. The van der Waals surface area contributed by atoms with Crippen LogP contribution in [0.5, 0.6) is 0 Å². The number of aryl methyl sites for hydroxylation is 4. The highest BCUT2D eigenvalue weighted by atomic mass is 16.1. The molecule has 2 aromatic rings. The van der Waals surface area contributed by atoms with Crippen molar-refractivity contribution >= 4 is 29.8 Å². The Labute approximate surface area is 204 Å². The van der Waals surface area contributed by atoms with Crippen molar-refractivity contribution in [1.29, 1.82) is 0 Å². The van der Waals surface area contributed by atoms with Crippen molar-refractivity contribution in [2.45, 2.75) is 64.2 Å². The van der Waals surface area contributed by atoms with Gasteiger partial charge in [-0.25, -0.2) is 0 Å². The third-order valence-electron chi connectivity index (χ3n) is 8.12. The van der Waals surface area contributed by atoms with Gasteiger partial charge in [0.05, 0.1) is 0 Å². The summed E-state index contributed by atoms with van der Waals surface area (Å²) in [5.41, 5.74) is 12.5. The number of benzene rings is 2. The zero-order valence-corrected chi connectivity index (χ0v) is 20.3. The van der Waals surface area contributed by atoms with E-state index in [0.29, 0.717) is 0 Å². The minimum atomic E-state index is 0.796. The fraction of sp³-hybridized carbons (Fsp3) is 0.452. The van der Waals surface area contributed by atoms with E-state index in [1.54, 1.807) is 0 Å². The van der Waals surface area contributed by atoms with Crippen molar-refractivity contribution in [2.24, 2.45) is 0 Å². The molecule has 0 aliphatic carbocycles. The Hall–Kier alpha value is -2.81. The minimum absolute atomic E-state index is 0.796. The molecule has 34 heavy (non-hydrogen) atoms. The van der Waals surface area contributed by atoms with Crippen LogP contribution < -0.4 is 9.80 Å². The molecular formula is C31H36N2O. The molecule has 0 fully saturated rings. The summed E-state index contributed by atoms with van der Waals surface area (Å²) in [6.07, 6.45) is 19.2. The summed E-state index contributed by atoms with van der Waals surface area (Å²) < 4.78 is 0. The second-order valence-corrected chi connectivity index (χ2v) is 10.5. The number of carbonyl (C=O) groups is 1. The van der Waals surface area contributed by atoms with Gasteiger partial charge in [-0.1, -0.05) is 12.2 Å². The molecule has 0 saturated heterocycles. The molecule has 0 saturated carbocycles. The highest BCUT2D eigenvalue weighted by Gasteiger charge is 2.25. The Balaban J connectivity index is 1.15. The maximum atomic E-state index is 11.9. The van der Waals surface area contributed by atoms with Crippen LogP contribution in [0.3, 0.4) is 0 Å². The summed E-state index contributed by atoms with van der Waals surface area (Å²) in [6, 6.07) is 9.45. The van der Waals surface area contributed by atoms with Crippen molar-refractivity contribution in [3.63, 3.8) is 0 Å². The topological polar surface area (TPSA) is 23.6 Å². The average molecular weight is 453 g/mol. The highest BCUT2D eigenvalue weighted by Crippen LogP contribution is 2.37. The lowest BCUT2D eigenvalue weighted by Gasteiger charge is -2.37. The maximum absolute atomic E-state index is 11.9. The molecule has 0 bridgehead atoms. The van der Waals surface area contributed by atoms with E-state index in [1.807, 2.05) is 0 Å². The standard InChI is InChI=1S/C31H36N2O/c34-22-24(17-25-20-28-11-5-15-33-16-6-12-29(21-25)31(28)33)8-2-1-7-23-18-26-9-3-13-32-14-4-10-27(19-23)30(26)32/h1,7,17-22H,2-6,8-16H2. The van der Waals surface area contributed by atoms with Gasteiger partial charge in [0.2, 0.25) is 0 Å². The fourth-order valence-electron chi connectivity index (χ4n) is 6.69. The Morgan fingerprint density at radius 3 is 1.65 bits per heavy atom. The van der Waals surface area contributed by atoms with E-state index in [-0.39, 0.29) is 0 Å². The molecule has 0 N–H and O–H groups in total. The molecule has 4 aliphatic rings. The fourth-order valence-corrected chi connectivity index (χ4v) is 6.69. The third kappa shape index (κ3) is 4.21. The zero-order valence-electron chi connectivity index (χ0n) is 20.3. The van der Waals surface area contributed by atoms with Crippen LogP contribution in [0.2, 0.25) is 0 Å². The first kappa shape index (κ1) is 21.7. The summed E-state index contributed by atoms with van der Waals surface area (Å²) in [6.45, 7) is 4.84. The molecule has 4 aliphatic heterocycles. The number of carbonyl (C=O) groups excluding carboxylic acids is 1.